The molecular weight excluding hydrogens is 240 g/mol. The molecule has 0 amide bonds. The number of benzene rings is 2. The van der Waals surface area contributed by atoms with Crippen molar-refractivity contribution >= 4 is 0 Å². The summed E-state index contributed by atoms with van der Waals surface area (Å²) >= 11 is 0. The van der Waals surface area contributed by atoms with Gasteiger partial charge in [0.1, 0.15) is 11.5 Å². The van der Waals surface area contributed by atoms with Gasteiger partial charge in [0.2, 0.25) is 0 Å². The summed E-state index contributed by atoms with van der Waals surface area (Å²) in [5, 5.41) is 10.6. The van der Waals surface area contributed by atoms with E-state index in [-0.39, 0.29) is 5.92 Å². The van der Waals surface area contributed by atoms with Crippen LogP contribution in [0.25, 0.3) is 0 Å². The first kappa shape index (κ1) is 12.1. The first-order valence-electron chi connectivity index (χ1n) is 6.33. The molecule has 2 unspecified atom stereocenters. The molecule has 98 valence electrons. The Labute approximate surface area is 112 Å². The van der Waals surface area contributed by atoms with E-state index in [1.807, 2.05) is 48.5 Å². The molecule has 2 aromatic carbocycles. The number of aliphatic hydroxyl groups is 1. The summed E-state index contributed by atoms with van der Waals surface area (Å²) in [6.45, 7) is 0.512. The number of para-hydroxylation sites is 1. The Kier molecular flexibility index (Phi) is 3.13. The van der Waals surface area contributed by atoms with E-state index in [4.69, 9.17) is 9.47 Å². The molecule has 1 N–H and O–H groups in total. The van der Waals surface area contributed by atoms with E-state index in [1.54, 1.807) is 7.11 Å². The lowest BCUT2D eigenvalue weighted by Gasteiger charge is -2.18. The second kappa shape index (κ2) is 4.94. The second-order valence-electron chi connectivity index (χ2n) is 4.68. The van der Waals surface area contributed by atoms with E-state index in [0.717, 1.165) is 22.6 Å². The average molecular weight is 256 g/mol. The third-order valence-corrected chi connectivity index (χ3v) is 3.55. The first-order chi connectivity index (χ1) is 9.29. The van der Waals surface area contributed by atoms with Gasteiger partial charge in [-0.1, -0.05) is 30.3 Å². The van der Waals surface area contributed by atoms with E-state index in [0.29, 0.717) is 6.61 Å². The summed E-state index contributed by atoms with van der Waals surface area (Å²) in [5.41, 5.74) is 1.92. The quantitative estimate of drug-likeness (QED) is 0.917. The number of hydrogen-bond donors (Lipinski definition) is 1. The molecule has 3 heteroatoms. The van der Waals surface area contributed by atoms with Crippen molar-refractivity contribution in [1.82, 2.24) is 0 Å². The van der Waals surface area contributed by atoms with Crippen LogP contribution in [0, 0.1) is 0 Å². The number of hydrogen-bond acceptors (Lipinski definition) is 3. The Morgan fingerprint density at radius 2 is 2.05 bits per heavy atom. The predicted molar refractivity (Wildman–Crippen MR) is 72.6 cm³/mol. The van der Waals surface area contributed by atoms with Gasteiger partial charge in [0.15, 0.2) is 0 Å². The van der Waals surface area contributed by atoms with Crippen molar-refractivity contribution in [2.24, 2.45) is 0 Å². The first-order valence-corrected chi connectivity index (χ1v) is 6.33. The second-order valence-corrected chi connectivity index (χ2v) is 4.68. The third-order valence-electron chi connectivity index (χ3n) is 3.55. The standard InChI is InChI=1S/C16H16O3/c1-18-12-6-4-5-11(9-12)16(17)14-10-19-15-8-3-2-7-13(14)15/h2-9,14,16-17H,10H2,1H3. The van der Waals surface area contributed by atoms with Crippen molar-refractivity contribution in [3.05, 3.63) is 59.7 Å². The van der Waals surface area contributed by atoms with Crippen molar-refractivity contribution in [1.29, 1.82) is 0 Å². The highest BCUT2D eigenvalue weighted by Crippen LogP contribution is 2.41. The summed E-state index contributed by atoms with van der Waals surface area (Å²) in [5.74, 6) is 1.60. The zero-order chi connectivity index (χ0) is 13.2. The van der Waals surface area contributed by atoms with Gasteiger partial charge in [-0.15, -0.1) is 0 Å². The van der Waals surface area contributed by atoms with Crippen LogP contribution < -0.4 is 9.47 Å². The molecule has 2 atom stereocenters. The highest BCUT2D eigenvalue weighted by molar-refractivity contribution is 5.42. The Bertz CT molecular complexity index is 580. The van der Waals surface area contributed by atoms with Crippen molar-refractivity contribution in [2.45, 2.75) is 12.0 Å². The maximum absolute atomic E-state index is 10.6. The lowest BCUT2D eigenvalue weighted by Crippen LogP contribution is -2.12. The Hall–Kier alpha value is -2.00. The van der Waals surface area contributed by atoms with Gasteiger partial charge in [0.05, 0.1) is 25.7 Å². The van der Waals surface area contributed by atoms with E-state index >= 15 is 0 Å². The summed E-state index contributed by atoms with van der Waals surface area (Å²) in [6, 6.07) is 15.4. The number of fused-ring (bicyclic) bond motifs is 1. The zero-order valence-electron chi connectivity index (χ0n) is 10.7. The highest BCUT2D eigenvalue weighted by Gasteiger charge is 2.31. The largest absolute Gasteiger partial charge is 0.497 e. The lowest BCUT2D eigenvalue weighted by atomic mass is 9.91. The van der Waals surface area contributed by atoms with E-state index in [9.17, 15) is 5.11 Å². The summed E-state index contributed by atoms with van der Waals surface area (Å²) in [4.78, 5) is 0. The molecule has 0 aromatic heterocycles. The van der Waals surface area contributed by atoms with E-state index < -0.39 is 6.10 Å². The van der Waals surface area contributed by atoms with Crippen molar-refractivity contribution in [2.75, 3.05) is 13.7 Å². The van der Waals surface area contributed by atoms with Gasteiger partial charge >= 0.3 is 0 Å². The summed E-state index contributed by atoms with van der Waals surface area (Å²) < 4.78 is 10.8. The number of methoxy groups -OCH3 is 1. The summed E-state index contributed by atoms with van der Waals surface area (Å²) in [6.07, 6.45) is -0.584. The molecule has 1 aliphatic heterocycles. The SMILES string of the molecule is COc1cccc(C(O)C2COc3ccccc32)c1. The molecule has 19 heavy (non-hydrogen) atoms. The van der Waals surface area contributed by atoms with Crippen LogP contribution in [0.3, 0.4) is 0 Å². The Balaban J connectivity index is 1.90. The predicted octanol–water partition coefficient (Wildman–Crippen LogP) is 2.90. The van der Waals surface area contributed by atoms with Gasteiger partial charge in [0, 0.05) is 5.56 Å². The molecule has 1 aliphatic rings. The van der Waals surface area contributed by atoms with Crippen LogP contribution in [0.2, 0.25) is 0 Å². The van der Waals surface area contributed by atoms with Crippen LogP contribution in [0.15, 0.2) is 48.5 Å². The molecule has 0 bridgehead atoms. The van der Waals surface area contributed by atoms with Crippen LogP contribution in [-0.4, -0.2) is 18.8 Å². The number of rotatable bonds is 3. The molecule has 0 saturated heterocycles. The van der Waals surface area contributed by atoms with Gasteiger partial charge in [-0.2, -0.15) is 0 Å². The Morgan fingerprint density at radius 3 is 2.89 bits per heavy atom. The minimum absolute atomic E-state index is 0.0247. The topological polar surface area (TPSA) is 38.7 Å². The van der Waals surface area contributed by atoms with Crippen molar-refractivity contribution < 1.29 is 14.6 Å². The summed E-state index contributed by atoms with van der Waals surface area (Å²) in [7, 11) is 1.62. The van der Waals surface area contributed by atoms with E-state index in [1.165, 1.54) is 0 Å². The fraction of sp³-hybridized carbons (Fsp3) is 0.250. The molecule has 0 radical (unpaired) electrons. The van der Waals surface area contributed by atoms with Crippen LogP contribution in [0.5, 0.6) is 11.5 Å². The maximum atomic E-state index is 10.6. The van der Waals surface area contributed by atoms with Crippen molar-refractivity contribution in [3.63, 3.8) is 0 Å². The normalized spacial score (nSPS) is 18.5. The van der Waals surface area contributed by atoms with Gasteiger partial charge in [-0.3, -0.25) is 0 Å². The molecule has 3 nitrogen and oxygen atoms in total. The molecule has 0 spiro atoms. The van der Waals surface area contributed by atoms with Crippen molar-refractivity contribution in [3.8, 4) is 11.5 Å². The molecule has 3 rings (SSSR count). The zero-order valence-corrected chi connectivity index (χ0v) is 10.7. The molecular formula is C16H16O3. The lowest BCUT2D eigenvalue weighted by molar-refractivity contribution is 0.130. The van der Waals surface area contributed by atoms with Gasteiger partial charge in [-0.25, -0.2) is 0 Å². The van der Waals surface area contributed by atoms with Crippen LogP contribution in [-0.2, 0) is 0 Å². The average Bonchev–Trinajstić information content (AvgIpc) is 2.90. The van der Waals surface area contributed by atoms with Crippen LogP contribution in [0.4, 0.5) is 0 Å². The van der Waals surface area contributed by atoms with Gasteiger partial charge in [0.25, 0.3) is 0 Å². The van der Waals surface area contributed by atoms with Crippen LogP contribution >= 0.6 is 0 Å². The minimum Gasteiger partial charge on any atom is -0.497 e. The monoisotopic (exact) mass is 256 g/mol. The van der Waals surface area contributed by atoms with Crippen LogP contribution in [0.1, 0.15) is 23.1 Å². The molecule has 0 aliphatic carbocycles. The molecule has 2 aromatic rings. The maximum Gasteiger partial charge on any atom is 0.123 e. The number of aliphatic hydroxyl groups excluding tert-OH is 1. The number of ether oxygens (including phenoxy) is 2. The smallest absolute Gasteiger partial charge is 0.123 e. The fourth-order valence-electron chi connectivity index (χ4n) is 2.51. The third kappa shape index (κ3) is 2.17. The highest BCUT2D eigenvalue weighted by atomic mass is 16.5. The van der Waals surface area contributed by atoms with E-state index in [2.05, 4.69) is 0 Å². The minimum atomic E-state index is -0.584. The molecule has 1 heterocycles. The van der Waals surface area contributed by atoms with Gasteiger partial charge < -0.3 is 14.6 Å². The fourth-order valence-corrected chi connectivity index (χ4v) is 2.51. The molecule has 0 fully saturated rings. The van der Waals surface area contributed by atoms with Gasteiger partial charge in [-0.05, 0) is 23.8 Å². The Morgan fingerprint density at radius 1 is 1.21 bits per heavy atom. The molecule has 0 saturated carbocycles.